The molecule has 1 amide bonds. The summed E-state index contributed by atoms with van der Waals surface area (Å²) in [6.07, 6.45) is 5.82. The van der Waals surface area contributed by atoms with Crippen LogP contribution in [0.4, 0.5) is 5.69 Å². The Morgan fingerprint density at radius 2 is 1.91 bits per heavy atom. The molecule has 2 aromatic rings. The SMILES string of the molecule is CCN(CCCCC(=O)c1cc2c3c(c1)CC(=O)N3CCC2)CCc1ccccc1OC.Cl. The number of benzene rings is 2. The first-order valence-electron chi connectivity index (χ1n) is 11.9. The second-order valence-corrected chi connectivity index (χ2v) is 8.85. The molecular formula is C27H35ClN2O3. The highest BCUT2D eigenvalue weighted by Gasteiger charge is 2.32. The third-order valence-electron chi connectivity index (χ3n) is 6.80. The topological polar surface area (TPSA) is 49.9 Å². The number of ether oxygens (including phenoxy) is 1. The predicted molar refractivity (Wildman–Crippen MR) is 135 cm³/mol. The second-order valence-electron chi connectivity index (χ2n) is 8.85. The average Bonchev–Trinajstić information content (AvgIpc) is 3.15. The fourth-order valence-electron chi connectivity index (χ4n) is 5.02. The third kappa shape index (κ3) is 5.77. The van der Waals surface area contributed by atoms with E-state index in [4.69, 9.17) is 4.74 Å². The Morgan fingerprint density at radius 3 is 2.70 bits per heavy atom. The third-order valence-corrected chi connectivity index (χ3v) is 6.80. The molecule has 0 fully saturated rings. The summed E-state index contributed by atoms with van der Waals surface area (Å²) in [6.45, 7) is 5.99. The van der Waals surface area contributed by atoms with E-state index in [0.29, 0.717) is 12.8 Å². The van der Waals surface area contributed by atoms with Gasteiger partial charge in [0.25, 0.3) is 0 Å². The maximum Gasteiger partial charge on any atom is 0.231 e. The van der Waals surface area contributed by atoms with Crippen LogP contribution in [-0.2, 0) is 24.1 Å². The van der Waals surface area contributed by atoms with E-state index in [9.17, 15) is 9.59 Å². The fraction of sp³-hybridized carbons (Fsp3) is 0.481. The maximum absolute atomic E-state index is 12.9. The molecule has 0 saturated heterocycles. The first-order chi connectivity index (χ1) is 15.6. The van der Waals surface area contributed by atoms with Crippen LogP contribution < -0.4 is 9.64 Å². The van der Waals surface area contributed by atoms with E-state index in [1.807, 2.05) is 29.2 Å². The van der Waals surface area contributed by atoms with Crippen molar-refractivity contribution in [2.24, 2.45) is 0 Å². The van der Waals surface area contributed by atoms with Crippen molar-refractivity contribution in [3.63, 3.8) is 0 Å². The summed E-state index contributed by atoms with van der Waals surface area (Å²) in [6, 6.07) is 12.2. The molecule has 0 N–H and O–H groups in total. The lowest BCUT2D eigenvalue weighted by Gasteiger charge is -2.25. The molecule has 0 aliphatic carbocycles. The van der Waals surface area contributed by atoms with Gasteiger partial charge < -0.3 is 14.5 Å². The summed E-state index contributed by atoms with van der Waals surface area (Å²) in [5.74, 6) is 1.34. The molecule has 0 saturated carbocycles. The van der Waals surface area contributed by atoms with Gasteiger partial charge >= 0.3 is 0 Å². The fourth-order valence-corrected chi connectivity index (χ4v) is 5.02. The predicted octanol–water partition coefficient (Wildman–Crippen LogP) is 4.87. The lowest BCUT2D eigenvalue weighted by Crippen LogP contribution is -2.31. The van der Waals surface area contributed by atoms with Crippen LogP contribution in [0.1, 0.15) is 59.7 Å². The van der Waals surface area contributed by atoms with Gasteiger partial charge in [0.15, 0.2) is 5.78 Å². The number of unbranched alkanes of at least 4 members (excludes halogenated alkanes) is 1. The minimum Gasteiger partial charge on any atom is -0.496 e. The highest BCUT2D eigenvalue weighted by atomic mass is 35.5. The van der Waals surface area contributed by atoms with Crippen LogP contribution in [-0.4, -0.2) is 49.9 Å². The Morgan fingerprint density at radius 1 is 1.12 bits per heavy atom. The molecule has 178 valence electrons. The van der Waals surface area contributed by atoms with Gasteiger partial charge in [0, 0.05) is 25.1 Å². The van der Waals surface area contributed by atoms with Crippen molar-refractivity contribution in [3.8, 4) is 5.75 Å². The van der Waals surface area contributed by atoms with Crippen LogP contribution >= 0.6 is 12.4 Å². The molecule has 0 radical (unpaired) electrons. The monoisotopic (exact) mass is 470 g/mol. The highest BCUT2D eigenvalue weighted by Crippen LogP contribution is 2.37. The molecule has 2 aliphatic heterocycles. The number of hydrogen-bond acceptors (Lipinski definition) is 4. The number of carbonyl (C=O) groups is 2. The molecule has 5 nitrogen and oxygen atoms in total. The van der Waals surface area contributed by atoms with Crippen LogP contribution in [0.2, 0.25) is 0 Å². The van der Waals surface area contributed by atoms with Gasteiger partial charge in [-0.15, -0.1) is 12.4 Å². The van der Waals surface area contributed by atoms with E-state index in [2.05, 4.69) is 24.0 Å². The molecule has 0 spiro atoms. The van der Waals surface area contributed by atoms with Gasteiger partial charge in [0.05, 0.1) is 19.2 Å². The molecule has 0 bridgehead atoms. The molecule has 2 heterocycles. The van der Waals surface area contributed by atoms with Crippen molar-refractivity contribution in [1.29, 1.82) is 0 Å². The van der Waals surface area contributed by atoms with Gasteiger partial charge in [-0.05, 0) is 80.1 Å². The molecular weight excluding hydrogens is 436 g/mol. The summed E-state index contributed by atoms with van der Waals surface area (Å²) < 4.78 is 5.46. The van der Waals surface area contributed by atoms with Gasteiger partial charge in [-0.2, -0.15) is 0 Å². The maximum atomic E-state index is 12.9. The number of amides is 1. The summed E-state index contributed by atoms with van der Waals surface area (Å²) in [5, 5.41) is 0. The Labute approximate surface area is 203 Å². The first kappa shape index (κ1) is 25.3. The van der Waals surface area contributed by atoms with Crippen molar-refractivity contribution >= 4 is 29.8 Å². The van der Waals surface area contributed by atoms with Crippen LogP contribution in [0.3, 0.4) is 0 Å². The number of anilines is 1. The Hall–Kier alpha value is -2.37. The number of halogens is 1. The van der Waals surface area contributed by atoms with Gasteiger partial charge in [0.2, 0.25) is 5.91 Å². The van der Waals surface area contributed by atoms with Gasteiger partial charge in [-0.1, -0.05) is 25.1 Å². The van der Waals surface area contributed by atoms with Crippen LogP contribution in [0.25, 0.3) is 0 Å². The lowest BCUT2D eigenvalue weighted by molar-refractivity contribution is -0.117. The van der Waals surface area contributed by atoms with Crippen molar-refractivity contribution in [1.82, 2.24) is 4.90 Å². The standard InChI is InChI=1S/C27H34N2O3.ClH/c1-3-28(16-13-20-9-4-5-12-25(20)32-2)14-7-6-11-24(30)22-17-21-10-8-15-29-26(31)19-23(18-22)27(21)29;/h4-5,9,12,17-18H,3,6-8,10-11,13-16,19H2,1-2H3;1H. The van der Waals surface area contributed by atoms with Crippen molar-refractivity contribution in [2.45, 2.75) is 51.9 Å². The number of hydrogen-bond donors (Lipinski definition) is 0. The zero-order valence-corrected chi connectivity index (χ0v) is 20.6. The molecule has 0 unspecified atom stereocenters. The van der Waals surface area contributed by atoms with E-state index < -0.39 is 0 Å². The number of methoxy groups -OCH3 is 1. The quantitative estimate of drug-likeness (QED) is 0.347. The summed E-state index contributed by atoms with van der Waals surface area (Å²) in [5.41, 5.74) is 5.34. The van der Waals surface area contributed by atoms with Crippen LogP contribution in [0.5, 0.6) is 5.75 Å². The van der Waals surface area contributed by atoms with Crippen molar-refractivity contribution in [3.05, 3.63) is 58.7 Å². The number of aryl methyl sites for hydroxylation is 1. The number of para-hydroxylation sites is 1. The highest BCUT2D eigenvalue weighted by molar-refractivity contribution is 6.05. The molecule has 6 heteroatoms. The minimum absolute atomic E-state index is 0. The Balaban J connectivity index is 0.00000306. The molecule has 2 aliphatic rings. The largest absolute Gasteiger partial charge is 0.496 e. The summed E-state index contributed by atoms with van der Waals surface area (Å²) in [7, 11) is 1.72. The first-order valence-corrected chi connectivity index (χ1v) is 11.9. The van der Waals surface area contributed by atoms with E-state index in [1.165, 1.54) is 11.1 Å². The van der Waals surface area contributed by atoms with Crippen molar-refractivity contribution < 1.29 is 14.3 Å². The van der Waals surface area contributed by atoms with Crippen LogP contribution in [0, 0.1) is 0 Å². The number of rotatable bonds is 11. The van der Waals surface area contributed by atoms with E-state index in [-0.39, 0.29) is 24.1 Å². The van der Waals surface area contributed by atoms with Gasteiger partial charge in [0.1, 0.15) is 5.75 Å². The van der Waals surface area contributed by atoms with E-state index in [1.54, 1.807) is 7.11 Å². The molecule has 4 rings (SSSR count). The summed E-state index contributed by atoms with van der Waals surface area (Å²) in [4.78, 5) is 29.5. The summed E-state index contributed by atoms with van der Waals surface area (Å²) >= 11 is 0. The van der Waals surface area contributed by atoms with E-state index >= 15 is 0 Å². The number of ketones is 1. The average molecular weight is 471 g/mol. The molecule has 0 atom stereocenters. The van der Waals surface area contributed by atoms with Gasteiger partial charge in [-0.3, -0.25) is 9.59 Å². The van der Waals surface area contributed by atoms with Gasteiger partial charge in [-0.25, -0.2) is 0 Å². The van der Waals surface area contributed by atoms with Crippen molar-refractivity contribution in [2.75, 3.05) is 38.2 Å². The Kier molecular flexibility index (Phi) is 8.93. The second kappa shape index (κ2) is 11.7. The zero-order valence-electron chi connectivity index (χ0n) is 19.8. The number of carbonyl (C=O) groups excluding carboxylic acids is 2. The number of likely N-dealkylation sites (N-methyl/N-ethyl adjacent to an activating group) is 1. The zero-order chi connectivity index (χ0) is 22.5. The molecule has 2 aromatic carbocycles. The van der Waals surface area contributed by atoms with E-state index in [0.717, 1.165) is 80.8 Å². The normalized spacial score (nSPS) is 14.3. The lowest BCUT2D eigenvalue weighted by atomic mass is 9.94. The number of Topliss-reactive ketones (excluding diaryl/α,β-unsaturated/α-hetero) is 1. The smallest absolute Gasteiger partial charge is 0.231 e. The molecule has 33 heavy (non-hydrogen) atoms. The molecule has 0 aromatic heterocycles. The minimum atomic E-state index is 0. The van der Waals surface area contributed by atoms with Crippen LogP contribution in [0.15, 0.2) is 36.4 Å². The number of nitrogens with zero attached hydrogens (tertiary/aromatic N) is 2. The Bertz CT molecular complexity index is 991.